The molecule has 4 aromatic rings. The molecule has 0 fully saturated rings. The van der Waals surface area contributed by atoms with Gasteiger partial charge in [-0.05, 0) is 88.6 Å². The Hall–Kier alpha value is -3.84. The van der Waals surface area contributed by atoms with Crippen LogP contribution >= 0.6 is 0 Å². The summed E-state index contributed by atoms with van der Waals surface area (Å²) in [6, 6.07) is 23.0. The van der Waals surface area contributed by atoms with Crippen molar-refractivity contribution in [1.82, 2.24) is 10.3 Å². The molecule has 0 aliphatic rings. The van der Waals surface area contributed by atoms with Gasteiger partial charge in [0.1, 0.15) is 22.6 Å². The molecule has 3 aromatic carbocycles. The van der Waals surface area contributed by atoms with Gasteiger partial charge in [0.25, 0.3) is 0 Å². The fraction of sp³-hybridized carbons (Fsp3) is 0.310. The molecule has 1 amide bonds. The van der Waals surface area contributed by atoms with Crippen molar-refractivity contribution in [2.24, 2.45) is 0 Å². The SMILES string of the molecule is CC(CO)(CCc1ccc2oc(-c3cccc(Oc4ccccc4)c3)nc2c1)NC(=O)OC(C)(C)C. The van der Waals surface area contributed by atoms with E-state index in [4.69, 9.17) is 13.9 Å². The Kier molecular flexibility index (Phi) is 7.31. The average molecular weight is 489 g/mol. The van der Waals surface area contributed by atoms with E-state index in [1.54, 1.807) is 27.7 Å². The number of aryl methyl sites for hydroxylation is 1. The van der Waals surface area contributed by atoms with Gasteiger partial charge in [0, 0.05) is 5.56 Å². The van der Waals surface area contributed by atoms with E-state index in [0.29, 0.717) is 30.1 Å². The van der Waals surface area contributed by atoms with Crippen molar-refractivity contribution < 1.29 is 23.8 Å². The van der Waals surface area contributed by atoms with Crippen LogP contribution in [0.1, 0.15) is 39.7 Å². The highest BCUT2D eigenvalue weighted by Gasteiger charge is 2.28. The van der Waals surface area contributed by atoms with Crippen molar-refractivity contribution in [3.05, 3.63) is 78.4 Å². The van der Waals surface area contributed by atoms with Crippen LogP contribution in [0, 0.1) is 0 Å². The number of aliphatic hydroxyl groups is 1. The minimum atomic E-state index is -0.814. The predicted molar refractivity (Wildman–Crippen MR) is 139 cm³/mol. The van der Waals surface area contributed by atoms with Crippen LogP contribution < -0.4 is 10.1 Å². The number of benzene rings is 3. The molecule has 0 radical (unpaired) electrons. The summed E-state index contributed by atoms with van der Waals surface area (Å²) < 4.78 is 17.3. The lowest BCUT2D eigenvalue weighted by Crippen LogP contribution is -2.50. The highest BCUT2D eigenvalue weighted by molar-refractivity contribution is 5.77. The lowest BCUT2D eigenvalue weighted by molar-refractivity contribution is 0.0407. The normalized spacial score (nSPS) is 13.2. The third-order valence-electron chi connectivity index (χ3n) is 5.63. The molecule has 1 heterocycles. The molecule has 0 spiro atoms. The van der Waals surface area contributed by atoms with Crippen molar-refractivity contribution >= 4 is 17.2 Å². The molecule has 4 rings (SSSR count). The summed E-state index contributed by atoms with van der Waals surface area (Å²) in [5.41, 5.74) is 1.84. The van der Waals surface area contributed by atoms with E-state index in [1.165, 1.54) is 0 Å². The van der Waals surface area contributed by atoms with Crippen molar-refractivity contribution in [2.75, 3.05) is 6.61 Å². The highest BCUT2D eigenvalue weighted by atomic mass is 16.6. The average Bonchev–Trinajstić information content (AvgIpc) is 3.26. The van der Waals surface area contributed by atoms with E-state index in [2.05, 4.69) is 10.3 Å². The monoisotopic (exact) mass is 488 g/mol. The Morgan fingerprint density at radius 3 is 2.44 bits per heavy atom. The lowest BCUT2D eigenvalue weighted by Gasteiger charge is -2.30. The molecule has 0 aliphatic carbocycles. The molecule has 0 saturated heterocycles. The highest BCUT2D eigenvalue weighted by Crippen LogP contribution is 2.30. The number of para-hydroxylation sites is 1. The van der Waals surface area contributed by atoms with Gasteiger partial charge >= 0.3 is 6.09 Å². The largest absolute Gasteiger partial charge is 0.457 e. The maximum absolute atomic E-state index is 12.2. The number of ether oxygens (including phenoxy) is 2. The van der Waals surface area contributed by atoms with Crippen LogP contribution in [0.4, 0.5) is 4.79 Å². The molecule has 188 valence electrons. The van der Waals surface area contributed by atoms with Gasteiger partial charge in [0.05, 0.1) is 12.1 Å². The number of amides is 1. The summed E-state index contributed by atoms with van der Waals surface area (Å²) in [5.74, 6) is 1.96. The van der Waals surface area contributed by atoms with E-state index < -0.39 is 17.2 Å². The van der Waals surface area contributed by atoms with Gasteiger partial charge in [0.15, 0.2) is 5.58 Å². The van der Waals surface area contributed by atoms with E-state index in [1.807, 2.05) is 72.8 Å². The zero-order chi connectivity index (χ0) is 25.8. The number of oxazole rings is 1. The number of hydrogen-bond donors (Lipinski definition) is 2. The maximum Gasteiger partial charge on any atom is 0.408 e. The molecule has 0 bridgehead atoms. The van der Waals surface area contributed by atoms with E-state index in [0.717, 1.165) is 22.4 Å². The zero-order valence-corrected chi connectivity index (χ0v) is 21.1. The van der Waals surface area contributed by atoms with Crippen molar-refractivity contribution in [1.29, 1.82) is 0 Å². The molecule has 7 nitrogen and oxygen atoms in total. The molecule has 1 aromatic heterocycles. The van der Waals surface area contributed by atoms with Crippen LogP contribution in [0.25, 0.3) is 22.6 Å². The van der Waals surface area contributed by atoms with Crippen molar-refractivity contribution in [3.8, 4) is 23.0 Å². The quantitative estimate of drug-likeness (QED) is 0.294. The summed E-state index contributed by atoms with van der Waals surface area (Å²) in [6.45, 7) is 7.00. The van der Waals surface area contributed by atoms with Crippen LogP contribution in [-0.2, 0) is 11.2 Å². The van der Waals surface area contributed by atoms with Gasteiger partial charge in [-0.25, -0.2) is 9.78 Å². The van der Waals surface area contributed by atoms with Crippen LogP contribution in [0.15, 0.2) is 77.2 Å². The number of rotatable bonds is 8. The van der Waals surface area contributed by atoms with E-state index in [9.17, 15) is 9.90 Å². The number of fused-ring (bicyclic) bond motifs is 1. The fourth-order valence-corrected chi connectivity index (χ4v) is 3.72. The Morgan fingerprint density at radius 1 is 0.972 bits per heavy atom. The lowest BCUT2D eigenvalue weighted by atomic mass is 9.94. The Labute approximate surface area is 211 Å². The second-order valence-electron chi connectivity index (χ2n) is 10.1. The first-order valence-electron chi connectivity index (χ1n) is 12.0. The number of nitrogens with zero attached hydrogens (tertiary/aromatic N) is 1. The number of carbonyl (C=O) groups excluding carboxylic acids is 1. The predicted octanol–water partition coefficient (Wildman–Crippen LogP) is 6.50. The summed E-state index contributed by atoms with van der Waals surface area (Å²) in [6.07, 6.45) is 0.609. The number of alkyl carbamates (subject to hydrolysis) is 1. The minimum absolute atomic E-state index is 0.204. The van der Waals surface area contributed by atoms with E-state index in [-0.39, 0.29) is 6.61 Å². The molecule has 1 atom stereocenters. The number of carbonyl (C=O) groups is 1. The maximum atomic E-state index is 12.2. The van der Waals surface area contributed by atoms with E-state index >= 15 is 0 Å². The second kappa shape index (κ2) is 10.4. The smallest absolute Gasteiger partial charge is 0.408 e. The standard InChI is InChI=1S/C29H32N2O5/c1-28(2,3)36-27(33)31-29(4,19-32)16-15-20-13-14-25-24(17-20)30-26(35-25)21-9-8-12-23(18-21)34-22-10-6-5-7-11-22/h5-14,17-18,32H,15-16,19H2,1-4H3,(H,31,33). The Morgan fingerprint density at radius 2 is 1.72 bits per heavy atom. The van der Waals surface area contributed by atoms with Gasteiger partial charge in [0.2, 0.25) is 5.89 Å². The second-order valence-corrected chi connectivity index (χ2v) is 10.1. The van der Waals surface area contributed by atoms with Crippen molar-refractivity contribution in [2.45, 2.75) is 51.7 Å². The number of nitrogens with one attached hydrogen (secondary N) is 1. The molecular weight excluding hydrogens is 456 g/mol. The van der Waals surface area contributed by atoms with Crippen molar-refractivity contribution in [3.63, 3.8) is 0 Å². The van der Waals surface area contributed by atoms with Gasteiger partial charge in [-0.2, -0.15) is 0 Å². The first-order valence-corrected chi connectivity index (χ1v) is 12.0. The molecule has 2 N–H and O–H groups in total. The number of aliphatic hydroxyl groups excluding tert-OH is 1. The summed E-state index contributed by atoms with van der Waals surface area (Å²) in [7, 11) is 0. The topological polar surface area (TPSA) is 93.8 Å². The molecule has 0 saturated carbocycles. The summed E-state index contributed by atoms with van der Waals surface area (Å²) >= 11 is 0. The zero-order valence-electron chi connectivity index (χ0n) is 21.1. The van der Waals surface area contributed by atoms with Gasteiger partial charge < -0.3 is 24.3 Å². The molecule has 7 heteroatoms. The van der Waals surface area contributed by atoms with Crippen LogP contribution in [-0.4, -0.2) is 33.9 Å². The number of aromatic nitrogens is 1. The Balaban J connectivity index is 1.46. The fourth-order valence-electron chi connectivity index (χ4n) is 3.72. The number of hydrogen-bond acceptors (Lipinski definition) is 6. The first kappa shape index (κ1) is 25.3. The third kappa shape index (κ3) is 6.64. The van der Waals surface area contributed by atoms with Gasteiger partial charge in [-0.15, -0.1) is 0 Å². The molecular formula is C29H32N2O5. The van der Waals surface area contributed by atoms with Crippen LogP contribution in [0.2, 0.25) is 0 Å². The summed E-state index contributed by atoms with van der Waals surface area (Å²) in [5, 5.41) is 12.7. The molecule has 0 aliphatic heterocycles. The minimum Gasteiger partial charge on any atom is -0.457 e. The Bertz CT molecular complexity index is 1330. The van der Waals surface area contributed by atoms with Gasteiger partial charge in [-0.3, -0.25) is 0 Å². The van der Waals surface area contributed by atoms with Crippen LogP contribution in [0.3, 0.4) is 0 Å². The first-order chi connectivity index (χ1) is 17.1. The molecule has 36 heavy (non-hydrogen) atoms. The van der Waals surface area contributed by atoms with Gasteiger partial charge in [-0.1, -0.05) is 30.3 Å². The van der Waals surface area contributed by atoms with Crippen LogP contribution in [0.5, 0.6) is 11.5 Å². The molecule has 1 unspecified atom stereocenters. The third-order valence-corrected chi connectivity index (χ3v) is 5.63. The summed E-state index contributed by atoms with van der Waals surface area (Å²) in [4.78, 5) is 16.9.